The fourth-order valence-electron chi connectivity index (χ4n) is 2.38. The Kier molecular flexibility index (Phi) is 3.71. The quantitative estimate of drug-likeness (QED) is 0.900. The van der Waals surface area contributed by atoms with Gasteiger partial charge in [-0.1, -0.05) is 17.7 Å². The Bertz CT molecular complexity index is 381. The molecule has 1 aliphatic rings. The van der Waals surface area contributed by atoms with E-state index >= 15 is 0 Å². The lowest BCUT2D eigenvalue weighted by molar-refractivity contribution is -0.0898. The summed E-state index contributed by atoms with van der Waals surface area (Å²) >= 11 is 5.99. The Morgan fingerprint density at radius 2 is 2.24 bits per heavy atom. The molecule has 0 bridgehead atoms. The van der Waals surface area contributed by atoms with Gasteiger partial charge in [0.25, 0.3) is 0 Å². The van der Waals surface area contributed by atoms with Gasteiger partial charge in [-0.25, -0.2) is 4.39 Å². The molecule has 0 radical (unpaired) electrons. The summed E-state index contributed by atoms with van der Waals surface area (Å²) in [6.45, 7) is 0. The number of benzene rings is 1. The van der Waals surface area contributed by atoms with E-state index in [4.69, 9.17) is 22.1 Å². The molecule has 1 aromatic rings. The van der Waals surface area contributed by atoms with Crippen molar-refractivity contribution in [3.05, 3.63) is 34.6 Å². The fraction of sp³-hybridized carbons (Fsp3) is 0.538. The van der Waals surface area contributed by atoms with Crippen LogP contribution in [0.5, 0.6) is 0 Å². The molecule has 0 spiro atoms. The molecule has 94 valence electrons. The second-order valence-corrected chi connectivity index (χ2v) is 5.04. The van der Waals surface area contributed by atoms with Crippen LogP contribution in [0.2, 0.25) is 5.02 Å². The lowest BCUT2D eigenvalue weighted by Gasteiger charge is -2.45. The summed E-state index contributed by atoms with van der Waals surface area (Å²) in [5, 5.41) is 0.436. The van der Waals surface area contributed by atoms with Crippen LogP contribution in [0, 0.1) is 5.82 Å². The normalized spacial score (nSPS) is 19.8. The average molecular weight is 258 g/mol. The molecule has 1 saturated carbocycles. The highest BCUT2D eigenvalue weighted by atomic mass is 35.5. The van der Waals surface area contributed by atoms with Gasteiger partial charge in [-0.05, 0) is 37.8 Å². The highest BCUT2D eigenvalue weighted by Gasteiger charge is 2.42. The highest BCUT2D eigenvalue weighted by molar-refractivity contribution is 6.31. The number of halogens is 2. The molecule has 2 rings (SSSR count). The second kappa shape index (κ2) is 4.92. The molecule has 1 aliphatic carbocycles. The van der Waals surface area contributed by atoms with E-state index < -0.39 is 0 Å². The summed E-state index contributed by atoms with van der Waals surface area (Å²) in [5.41, 5.74) is 6.35. The number of ether oxygens (including phenoxy) is 1. The maximum absolute atomic E-state index is 13.6. The summed E-state index contributed by atoms with van der Waals surface area (Å²) in [4.78, 5) is 0. The van der Waals surface area contributed by atoms with Crippen LogP contribution in [-0.2, 0) is 11.2 Å². The van der Waals surface area contributed by atoms with Crippen molar-refractivity contribution in [1.29, 1.82) is 0 Å². The first kappa shape index (κ1) is 12.8. The maximum atomic E-state index is 13.6. The molecule has 1 aromatic carbocycles. The molecule has 0 heterocycles. The number of methoxy groups -OCH3 is 1. The molecular weight excluding hydrogens is 241 g/mol. The first-order valence-corrected chi connectivity index (χ1v) is 6.20. The van der Waals surface area contributed by atoms with Gasteiger partial charge in [0.1, 0.15) is 5.82 Å². The maximum Gasteiger partial charge on any atom is 0.127 e. The Morgan fingerprint density at radius 1 is 1.53 bits per heavy atom. The van der Waals surface area contributed by atoms with E-state index in [1.807, 2.05) is 0 Å². The van der Waals surface area contributed by atoms with Gasteiger partial charge in [-0.2, -0.15) is 0 Å². The monoisotopic (exact) mass is 257 g/mol. The molecule has 0 saturated heterocycles. The molecule has 0 amide bonds. The van der Waals surface area contributed by atoms with Crippen molar-refractivity contribution in [3.63, 3.8) is 0 Å². The standard InChI is InChI=1S/C13H17ClFNO/c1-17-13(6-3-7-13)12(16)8-9-10(14)4-2-5-11(9)15/h2,4-5,12H,3,6-8,16H2,1H3. The number of nitrogens with two attached hydrogens (primary N) is 1. The molecule has 1 fully saturated rings. The van der Waals surface area contributed by atoms with E-state index in [0.29, 0.717) is 17.0 Å². The molecule has 17 heavy (non-hydrogen) atoms. The topological polar surface area (TPSA) is 35.2 Å². The van der Waals surface area contributed by atoms with Gasteiger partial charge in [0.15, 0.2) is 0 Å². The SMILES string of the molecule is COC1(C(N)Cc2c(F)cccc2Cl)CCC1. The Balaban J connectivity index is 2.15. The third-order valence-electron chi connectivity index (χ3n) is 3.77. The van der Waals surface area contributed by atoms with Crippen LogP contribution in [0.4, 0.5) is 4.39 Å². The zero-order chi connectivity index (χ0) is 12.5. The van der Waals surface area contributed by atoms with Crippen LogP contribution in [0.15, 0.2) is 18.2 Å². The zero-order valence-corrected chi connectivity index (χ0v) is 10.6. The van der Waals surface area contributed by atoms with E-state index in [1.54, 1.807) is 19.2 Å². The predicted octanol–water partition coefficient (Wildman–Crippen LogP) is 2.92. The molecular formula is C13H17ClFNO. The molecule has 0 aliphatic heterocycles. The van der Waals surface area contributed by atoms with Gasteiger partial charge < -0.3 is 10.5 Å². The van der Waals surface area contributed by atoms with Gasteiger partial charge in [-0.3, -0.25) is 0 Å². The molecule has 1 unspecified atom stereocenters. The van der Waals surface area contributed by atoms with Crippen molar-refractivity contribution in [1.82, 2.24) is 0 Å². The van der Waals surface area contributed by atoms with Crippen molar-refractivity contribution in [2.24, 2.45) is 5.73 Å². The van der Waals surface area contributed by atoms with Crippen LogP contribution in [-0.4, -0.2) is 18.8 Å². The summed E-state index contributed by atoms with van der Waals surface area (Å²) in [7, 11) is 1.67. The number of hydrogen-bond donors (Lipinski definition) is 1. The van der Waals surface area contributed by atoms with Crippen molar-refractivity contribution < 1.29 is 9.13 Å². The van der Waals surface area contributed by atoms with Crippen molar-refractivity contribution >= 4 is 11.6 Å². The largest absolute Gasteiger partial charge is 0.377 e. The van der Waals surface area contributed by atoms with E-state index in [0.717, 1.165) is 19.3 Å². The van der Waals surface area contributed by atoms with Gasteiger partial charge in [-0.15, -0.1) is 0 Å². The van der Waals surface area contributed by atoms with E-state index in [2.05, 4.69) is 0 Å². The summed E-state index contributed by atoms with van der Waals surface area (Å²) < 4.78 is 19.1. The van der Waals surface area contributed by atoms with Crippen LogP contribution in [0.3, 0.4) is 0 Å². The van der Waals surface area contributed by atoms with Crippen molar-refractivity contribution in [3.8, 4) is 0 Å². The molecule has 4 heteroatoms. The van der Waals surface area contributed by atoms with Crippen LogP contribution in [0.1, 0.15) is 24.8 Å². The fourth-order valence-corrected chi connectivity index (χ4v) is 2.62. The molecule has 0 aromatic heterocycles. The molecule has 2 nitrogen and oxygen atoms in total. The van der Waals surface area contributed by atoms with Crippen LogP contribution < -0.4 is 5.73 Å². The zero-order valence-electron chi connectivity index (χ0n) is 9.88. The third kappa shape index (κ3) is 2.32. The average Bonchev–Trinajstić information content (AvgIpc) is 2.23. The summed E-state index contributed by atoms with van der Waals surface area (Å²) in [6.07, 6.45) is 3.42. The minimum Gasteiger partial charge on any atom is -0.377 e. The van der Waals surface area contributed by atoms with Crippen molar-refractivity contribution in [2.45, 2.75) is 37.3 Å². The van der Waals surface area contributed by atoms with Gasteiger partial charge in [0, 0.05) is 23.7 Å². The van der Waals surface area contributed by atoms with Crippen molar-refractivity contribution in [2.75, 3.05) is 7.11 Å². The highest BCUT2D eigenvalue weighted by Crippen LogP contribution is 2.39. The summed E-state index contributed by atoms with van der Waals surface area (Å²) in [6, 6.07) is 4.49. The Morgan fingerprint density at radius 3 is 2.71 bits per heavy atom. The Hall–Kier alpha value is -0.640. The van der Waals surface area contributed by atoms with Gasteiger partial charge in [0.05, 0.1) is 5.60 Å². The minimum absolute atomic E-state index is 0.212. The first-order valence-electron chi connectivity index (χ1n) is 5.83. The Labute approximate surface area is 106 Å². The second-order valence-electron chi connectivity index (χ2n) is 4.63. The molecule has 1 atom stereocenters. The van der Waals surface area contributed by atoms with Crippen LogP contribution in [0.25, 0.3) is 0 Å². The predicted molar refractivity (Wildman–Crippen MR) is 66.7 cm³/mol. The van der Waals surface area contributed by atoms with Gasteiger partial charge in [0.2, 0.25) is 0 Å². The first-order chi connectivity index (χ1) is 8.09. The van der Waals surface area contributed by atoms with Crippen LogP contribution >= 0.6 is 11.6 Å². The minimum atomic E-state index is -0.293. The van der Waals surface area contributed by atoms with E-state index in [9.17, 15) is 4.39 Å². The number of rotatable bonds is 4. The lowest BCUT2D eigenvalue weighted by Crippen LogP contribution is -2.55. The lowest BCUT2D eigenvalue weighted by atomic mass is 9.73. The number of hydrogen-bond acceptors (Lipinski definition) is 2. The van der Waals surface area contributed by atoms with E-state index in [1.165, 1.54) is 6.07 Å². The smallest absolute Gasteiger partial charge is 0.127 e. The van der Waals surface area contributed by atoms with E-state index in [-0.39, 0.29) is 17.5 Å². The molecule has 2 N–H and O–H groups in total. The van der Waals surface area contributed by atoms with Gasteiger partial charge >= 0.3 is 0 Å². The third-order valence-corrected chi connectivity index (χ3v) is 4.12. The summed E-state index contributed by atoms with van der Waals surface area (Å²) in [5.74, 6) is -0.293.